The summed E-state index contributed by atoms with van der Waals surface area (Å²) >= 11 is 0. The lowest BCUT2D eigenvalue weighted by molar-refractivity contribution is -0.137. The number of likely N-dealkylation sites (tertiary alicyclic amines) is 1. The second-order valence-corrected chi connectivity index (χ2v) is 6.41. The Labute approximate surface area is 148 Å². The van der Waals surface area contributed by atoms with Crippen molar-refractivity contribution in [3.8, 4) is 11.4 Å². The molecule has 1 amide bonds. The van der Waals surface area contributed by atoms with Crippen LogP contribution in [0.1, 0.15) is 31.7 Å². The van der Waals surface area contributed by atoms with Gasteiger partial charge < -0.3 is 9.64 Å². The van der Waals surface area contributed by atoms with Crippen LogP contribution in [0.2, 0.25) is 0 Å². The molecule has 0 bridgehead atoms. The second kappa shape index (κ2) is 8.20. The van der Waals surface area contributed by atoms with Crippen molar-refractivity contribution < 1.29 is 9.53 Å². The lowest BCUT2D eigenvalue weighted by Crippen LogP contribution is -2.47. The Morgan fingerprint density at radius 1 is 1.28 bits per heavy atom. The first kappa shape index (κ1) is 17.5. The highest BCUT2D eigenvalue weighted by Crippen LogP contribution is 2.18. The van der Waals surface area contributed by atoms with Crippen LogP contribution in [0.15, 0.2) is 24.3 Å². The van der Waals surface area contributed by atoms with Crippen LogP contribution in [0.5, 0.6) is 0 Å². The minimum Gasteiger partial charge on any atom is -0.380 e. The van der Waals surface area contributed by atoms with Crippen molar-refractivity contribution in [1.29, 1.82) is 0 Å². The number of ether oxygens (including phenoxy) is 1. The topological polar surface area (TPSA) is 73.1 Å². The Morgan fingerprint density at radius 3 is 2.84 bits per heavy atom. The second-order valence-electron chi connectivity index (χ2n) is 6.41. The molecular weight excluding hydrogens is 318 g/mol. The van der Waals surface area contributed by atoms with Crippen molar-refractivity contribution in [2.24, 2.45) is 0 Å². The van der Waals surface area contributed by atoms with Crippen LogP contribution in [0.4, 0.5) is 0 Å². The summed E-state index contributed by atoms with van der Waals surface area (Å²) in [4.78, 5) is 16.0. The molecular formula is C18H25N5O2. The first-order valence-electron chi connectivity index (χ1n) is 8.89. The Kier molecular flexibility index (Phi) is 5.75. The van der Waals surface area contributed by atoms with Crippen molar-refractivity contribution in [3.63, 3.8) is 0 Å². The van der Waals surface area contributed by atoms with Gasteiger partial charge >= 0.3 is 0 Å². The van der Waals surface area contributed by atoms with Gasteiger partial charge in [0.1, 0.15) is 6.54 Å². The van der Waals surface area contributed by atoms with Gasteiger partial charge in [-0.1, -0.05) is 29.8 Å². The molecule has 0 N–H and O–H groups in total. The van der Waals surface area contributed by atoms with Crippen LogP contribution in [-0.2, 0) is 16.1 Å². The standard InChI is InChI=1S/C18H25N5O2/c1-3-25-13-16-6-4-5-11-22(16)17(24)12-23-20-18(19-21-23)15-9-7-14(2)8-10-15/h7-10,16H,3-6,11-13H2,1-2H3. The van der Waals surface area contributed by atoms with Gasteiger partial charge in [-0.25, -0.2) is 0 Å². The lowest BCUT2D eigenvalue weighted by atomic mass is 10.0. The average molecular weight is 343 g/mol. The normalized spacial score (nSPS) is 17.7. The number of aryl methyl sites for hydroxylation is 1. The van der Waals surface area contributed by atoms with E-state index in [1.54, 1.807) is 0 Å². The van der Waals surface area contributed by atoms with E-state index in [1.165, 1.54) is 10.4 Å². The van der Waals surface area contributed by atoms with Gasteiger partial charge in [-0.3, -0.25) is 4.79 Å². The van der Waals surface area contributed by atoms with Crippen LogP contribution in [0.3, 0.4) is 0 Å². The van der Waals surface area contributed by atoms with Crippen LogP contribution < -0.4 is 0 Å². The first-order valence-corrected chi connectivity index (χ1v) is 8.89. The summed E-state index contributed by atoms with van der Waals surface area (Å²) < 4.78 is 5.53. The fraction of sp³-hybridized carbons (Fsp3) is 0.556. The van der Waals surface area contributed by atoms with E-state index in [1.807, 2.05) is 43.0 Å². The largest absolute Gasteiger partial charge is 0.380 e. The summed E-state index contributed by atoms with van der Waals surface area (Å²) in [6, 6.07) is 8.09. The monoisotopic (exact) mass is 343 g/mol. The zero-order chi connectivity index (χ0) is 17.6. The quantitative estimate of drug-likeness (QED) is 0.803. The zero-order valence-corrected chi connectivity index (χ0v) is 14.9. The fourth-order valence-electron chi connectivity index (χ4n) is 3.10. The number of tetrazole rings is 1. The predicted molar refractivity (Wildman–Crippen MR) is 93.8 cm³/mol. The summed E-state index contributed by atoms with van der Waals surface area (Å²) in [5, 5.41) is 12.5. The van der Waals surface area contributed by atoms with Crippen molar-refractivity contribution >= 4 is 5.91 Å². The number of amides is 1. The maximum absolute atomic E-state index is 12.7. The number of nitrogens with zero attached hydrogens (tertiary/aromatic N) is 5. The Balaban J connectivity index is 1.65. The highest BCUT2D eigenvalue weighted by molar-refractivity contribution is 5.76. The predicted octanol–water partition coefficient (Wildman–Crippen LogP) is 2.07. The molecule has 0 spiro atoms. The van der Waals surface area contributed by atoms with Gasteiger partial charge in [0, 0.05) is 18.7 Å². The summed E-state index contributed by atoms with van der Waals surface area (Å²) in [7, 11) is 0. The van der Waals surface area contributed by atoms with E-state index in [9.17, 15) is 4.79 Å². The molecule has 0 radical (unpaired) electrons. The van der Waals surface area contributed by atoms with E-state index in [-0.39, 0.29) is 18.5 Å². The average Bonchev–Trinajstić information content (AvgIpc) is 3.09. The maximum Gasteiger partial charge on any atom is 0.246 e. The summed E-state index contributed by atoms with van der Waals surface area (Å²) in [6.45, 7) is 6.16. The van der Waals surface area contributed by atoms with E-state index >= 15 is 0 Å². The molecule has 3 rings (SSSR count). The molecule has 0 aliphatic carbocycles. The number of carbonyl (C=O) groups is 1. The van der Waals surface area contributed by atoms with E-state index in [2.05, 4.69) is 15.4 Å². The molecule has 1 aliphatic rings. The highest BCUT2D eigenvalue weighted by atomic mass is 16.5. The molecule has 1 fully saturated rings. The molecule has 7 heteroatoms. The molecule has 25 heavy (non-hydrogen) atoms. The van der Waals surface area contributed by atoms with Crippen molar-refractivity contribution in [2.75, 3.05) is 19.8 Å². The van der Waals surface area contributed by atoms with Gasteiger partial charge in [0.05, 0.1) is 12.6 Å². The van der Waals surface area contributed by atoms with Crippen LogP contribution in [0.25, 0.3) is 11.4 Å². The van der Waals surface area contributed by atoms with Crippen molar-refractivity contribution in [1.82, 2.24) is 25.1 Å². The Morgan fingerprint density at radius 2 is 2.08 bits per heavy atom. The zero-order valence-electron chi connectivity index (χ0n) is 14.9. The van der Waals surface area contributed by atoms with Gasteiger partial charge in [-0.2, -0.15) is 4.80 Å². The molecule has 7 nitrogen and oxygen atoms in total. The highest BCUT2D eigenvalue weighted by Gasteiger charge is 2.27. The molecule has 134 valence electrons. The number of benzene rings is 1. The van der Waals surface area contributed by atoms with E-state index in [4.69, 9.17) is 4.74 Å². The number of hydrogen-bond acceptors (Lipinski definition) is 5. The molecule has 1 saturated heterocycles. The molecule has 1 aliphatic heterocycles. The molecule has 1 aromatic heterocycles. The summed E-state index contributed by atoms with van der Waals surface area (Å²) in [5.74, 6) is 0.564. The van der Waals surface area contributed by atoms with Crippen molar-refractivity contribution in [2.45, 2.75) is 45.7 Å². The molecule has 1 unspecified atom stereocenters. The molecule has 1 atom stereocenters. The Hall–Kier alpha value is -2.28. The van der Waals surface area contributed by atoms with Crippen LogP contribution >= 0.6 is 0 Å². The van der Waals surface area contributed by atoms with Gasteiger partial charge in [0.15, 0.2) is 0 Å². The summed E-state index contributed by atoms with van der Waals surface area (Å²) in [6.07, 6.45) is 3.17. The SMILES string of the molecule is CCOCC1CCCCN1C(=O)Cn1nnc(-c2ccc(C)cc2)n1. The Bertz CT molecular complexity index is 698. The lowest BCUT2D eigenvalue weighted by Gasteiger charge is -2.35. The third kappa shape index (κ3) is 4.42. The van der Waals surface area contributed by atoms with Gasteiger partial charge in [0.25, 0.3) is 0 Å². The van der Waals surface area contributed by atoms with Gasteiger partial charge in [0.2, 0.25) is 11.7 Å². The first-order chi connectivity index (χ1) is 12.2. The fourth-order valence-corrected chi connectivity index (χ4v) is 3.10. The molecule has 1 aromatic carbocycles. The number of rotatable bonds is 6. The van der Waals surface area contributed by atoms with Gasteiger partial charge in [-0.15, -0.1) is 10.2 Å². The summed E-state index contributed by atoms with van der Waals surface area (Å²) in [5.41, 5.74) is 2.08. The third-order valence-corrected chi connectivity index (χ3v) is 4.50. The number of aromatic nitrogens is 4. The molecule has 2 heterocycles. The minimum absolute atomic E-state index is 0.0252. The number of hydrogen-bond donors (Lipinski definition) is 0. The van der Waals surface area contributed by atoms with Crippen LogP contribution in [-0.4, -0.2) is 56.8 Å². The minimum atomic E-state index is 0.0252. The third-order valence-electron chi connectivity index (χ3n) is 4.50. The molecule has 0 saturated carbocycles. The van der Waals surface area contributed by atoms with E-state index in [0.29, 0.717) is 19.0 Å². The van der Waals surface area contributed by atoms with Gasteiger partial charge in [-0.05, 0) is 38.3 Å². The number of piperidine rings is 1. The maximum atomic E-state index is 12.7. The van der Waals surface area contributed by atoms with E-state index < -0.39 is 0 Å². The molecule has 2 aromatic rings. The smallest absolute Gasteiger partial charge is 0.246 e. The van der Waals surface area contributed by atoms with Crippen molar-refractivity contribution in [3.05, 3.63) is 29.8 Å². The number of carbonyl (C=O) groups excluding carboxylic acids is 1. The van der Waals surface area contributed by atoms with Crippen LogP contribution in [0, 0.1) is 6.92 Å². The van der Waals surface area contributed by atoms with E-state index in [0.717, 1.165) is 31.4 Å².